The third-order valence-corrected chi connectivity index (χ3v) is 22.7. The van der Waals surface area contributed by atoms with Crippen LogP contribution in [0.1, 0.15) is 150 Å². The molecule has 16 aliphatic rings. The van der Waals surface area contributed by atoms with Crippen molar-refractivity contribution in [2.75, 3.05) is 0 Å². The summed E-state index contributed by atoms with van der Waals surface area (Å²) in [5.74, 6) is -3.99. The summed E-state index contributed by atoms with van der Waals surface area (Å²) in [4.78, 5) is 26.4. The summed E-state index contributed by atoms with van der Waals surface area (Å²) in [5, 5.41) is 32.5. The summed E-state index contributed by atoms with van der Waals surface area (Å²) >= 11 is 0. The second-order valence-corrected chi connectivity index (χ2v) is 28.2. The lowest BCUT2D eigenvalue weighted by atomic mass is 9.72. The van der Waals surface area contributed by atoms with E-state index in [1.807, 2.05) is 6.92 Å². The second kappa shape index (κ2) is 19.8. The van der Waals surface area contributed by atoms with Gasteiger partial charge in [-0.2, -0.15) is 0 Å². The van der Waals surface area contributed by atoms with Crippen molar-refractivity contribution in [3.8, 4) is 0 Å². The van der Waals surface area contributed by atoms with Gasteiger partial charge in [0.25, 0.3) is 0 Å². The molecule has 0 radical (unpaired) electrons. The van der Waals surface area contributed by atoms with Crippen LogP contribution in [0, 0.1) is 29.6 Å². The number of ether oxygens (including phenoxy) is 14. The number of aliphatic hydroxyl groups excluding tert-OH is 2. The summed E-state index contributed by atoms with van der Waals surface area (Å²) in [5.41, 5.74) is 1.11. The standard InChI is InChI=1S/C61H86O19/c1-26-14-33-8-10-38-27(2)15-35(67-38)12-13-61-57(66)58(7)56(80-61)55-54(77-58)53(79-61)52-39(71-55)11-9-34(69-52)16-32(62)17-36-31(6)51-44(70-41(36)19-40(68-33)30(26)5)20-43-46(73-51)24-60(74-43)25-47-50(78-60)29(4)23-59(76-47)22-28(3)49-45(75-59)18-37(63)42(72-49)21-48(64)65/h26,28-29,31,33-47,49-57,63,66H,2,5,8-25H2,1,3-4,6-7H3,(H,64,65)/t26-,28+,29+,31-,33+,34-,35+,36-,37-,38+,39+,40-,41+,42-,43-,44+,45+,46-,47+,49+,50+,51+,52+,53+,54+,55-,56?,57?,58?,59-,60+,61-/m1/s1. The van der Waals surface area contributed by atoms with Gasteiger partial charge in [0.05, 0.1) is 110 Å². The number of carboxylic acid groups (broad SMARTS) is 1. The highest BCUT2D eigenvalue weighted by molar-refractivity contribution is 5.79. The minimum absolute atomic E-state index is 0.0108. The number of carbonyl (C=O) groups is 2. The fraction of sp³-hybridized carbons (Fsp3) is 0.902. The molecule has 16 heterocycles. The third kappa shape index (κ3) is 8.91. The van der Waals surface area contributed by atoms with Gasteiger partial charge in [0, 0.05) is 64.2 Å². The minimum atomic E-state index is -1.33. The first-order chi connectivity index (χ1) is 38.2. The lowest BCUT2D eigenvalue weighted by Crippen LogP contribution is -2.62. The van der Waals surface area contributed by atoms with Crippen LogP contribution in [-0.4, -0.2) is 190 Å². The molecule has 3 unspecified atom stereocenters. The molecule has 80 heavy (non-hydrogen) atoms. The van der Waals surface area contributed by atoms with Crippen LogP contribution in [0.25, 0.3) is 0 Å². The predicted octanol–water partition coefficient (Wildman–Crippen LogP) is 5.68. The molecule has 19 nitrogen and oxygen atoms in total. The van der Waals surface area contributed by atoms with E-state index in [4.69, 9.17) is 66.3 Å². The number of carboxylic acids is 1. The number of ketones is 1. The molecule has 3 spiro atoms. The van der Waals surface area contributed by atoms with Crippen LogP contribution < -0.4 is 0 Å². The Kier molecular flexibility index (Phi) is 13.5. The number of rotatable bonds is 2. The maximum Gasteiger partial charge on any atom is 0.306 e. The quantitative estimate of drug-likeness (QED) is 0.283. The highest BCUT2D eigenvalue weighted by Gasteiger charge is 2.77. The Morgan fingerprint density at radius 3 is 2.10 bits per heavy atom. The molecule has 0 aliphatic carbocycles. The molecule has 12 bridgehead atoms. The Labute approximate surface area is 468 Å². The van der Waals surface area contributed by atoms with Crippen LogP contribution in [-0.2, 0) is 75.9 Å². The highest BCUT2D eigenvalue weighted by atomic mass is 16.8. The van der Waals surface area contributed by atoms with Gasteiger partial charge in [-0.05, 0) is 92.6 Å². The molecule has 16 fully saturated rings. The maximum atomic E-state index is 14.8. The number of hydrogen-bond donors (Lipinski definition) is 3. The maximum absolute atomic E-state index is 14.8. The van der Waals surface area contributed by atoms with Gasteiger partial charge in [-0.25, -0.2) is 0 Å². The lowest BCUT2D eigenvalue weighted by Gasteiger charge is -2.54. The van der Waals surface area contributed by atoms with Crippen molar-refractivity contribution in [1.82, 2.24) is 0 Å². The van der Waals surface area contributed by atoms with Crippen molar-refractivity contribution in [3.63, 3.8) is 0 Å². The molecule has 0 aromatic rings. The molecule has 32 atom stereocenters. The Balaban J connectivity index is 0.666. The smallest absolute Gasteiger partial charge is 0.306 e. The molecule has 0 amide bonds. The summed E-state index contributed by atoms with van der Waals surface area (Å²) in [7, 11) is 0. The third-order valence-electron chi connectivity index (χ3n) is 22.7. The summed E-state index contributed by atoms with van der Waals surface area (Å²) < 4.78 is 96.9. The second-order valence-electron chi connectivity index (χ2n) is 28.2. The van der Waals surface area contributed by atoms with Crippen LogP contribution in [0.5, 0.6) is 0 Å². The van der Waals surface area contributed by atoms with E-state index in [1.165, 1.54) is 0 Å². The van der Waals surface area contributed by atoms with E-state index < -0.39 is 83.9 Å². The van der Waals surface area contributed by atoms with Crippen LogP contribution in [0.4, 0.5) is 0 Å². The number of aliphatic hydroxyl groups is 2. The Hall–Kier alpha value is -2.02. The van der Waals surface area contributed by atoms with Crippen molar-refractivity contribution >= 4 is 11.8 Å². The van der Waals surface area contributed by atoms with Crippen LogP contribution in [0.2, 0.25) is 0 Å². The van der Waals surface area contributed by atoms with Gasteiger partial charge in [0.1, 0.15) is 48.0 Å². The van der Waals surface area contributed by atoms with Crippen LogP contribution >= 0.6 is 0 Å². The predicted molar refractivity (Wildman–Crippen MR) is 278 cm³/mol. The molecule has 0 aromatic carbocycles. The first-order valence-corrected chi connectivity index (χ1v) is 31.0. The molecule has 16 saturated heterocycles. The first-order valence-electron chi connectivity index (χ1n) is 31.0. The number of aliphatic carboxylic acids is 1. The van der Waals surface area contributed by atoms with E-state index in [2.05, 4.69) is 40.9 Å². The minimum Gasteiger partial charge on any atom is -0.481 e. The number of Topliss-reactive ketones (excluding diaryl/α,β-unsaturated/α-hetero) is 1. The fourth-order valence-corrected chi connectivity index (χ4v) is 18.8. The molecule has 3 N–H and O–H groups in total. The average molecular weight is 1120 g/mol. The fourth-order valence-electron chi connectivity index (χ4n) is 18.8. The van der Waals surface area contributed by atoms with E-state index in [0.29, 0.717) is 64.2 Å². The van der Waals surface area contributed by atoms with Gasteiger partial charge >= 0.3 is 5.97 Å². The average Bonchev–Trinajstić information content (AvgIpc) is 4.26. The van der Waals surface area contributed by atoms with Crippen molar-refractivity contribution < 1.29 is 91.2 Å². The molecule has 444 valence electrons. The number of fused-ring (bicyclic) bond motifs is 10. The van der Waals surface area contributed by atoms with Gasteiger partial charge in [-0.15, -0.1) is 0 Å². The van der Waals surface area contributed by atoms with Crippen molar-refractivity contribution in [1.29, 1.82) is 0 Å². The van der Waals surface area contributed by atoms with E-state index in [9.17, 15) is 24.9 Å². The molecule has 0 saturated carbocycles. The Morgan fingerprint density at radius 2 is 1.27 bits per heavy atom. The molecule has 0 aromatic heterocycles. The zero-order chi connectivity index (χ0) is 55.1. The highest BCUT2D eigenvalue weighted by Crippen LogP contribution is 2.60. The van der Waals surface area contributed by atoms with Crippen molar-refractivity contribution in [2.45, 2.75) is 314 Å². The van der Waals surface area contributed by atoms with Crippen molar-refractivity contribution in [3.05, 3.63) is 24.3 Å². The van der Waals surface area contributed by atoms with Gasteiger partial charge < -0.3 is 81.6 Å². The zero-order valence-electron chi connectivity index (χ0n) is 47.2. The normalized spacial score (nSPS) is 58.8. The number of hydrogen-bond acceptors (Lipinski definition) is 18. The lowest BCUT2D eigenvalue weighted by molar-refractivity contribution is -0.371. The molecular formula is C61H86O19. The Morgan fingerprint density at radius 1 is 0.562 bits per heavy atom. The van der Waals surface area contributed by atoms with Crippen LogP contribution in [0.3, 0.4) is 0 Å². The van der Waals surface area contributed by atoms with E-state index in [-0.39, 0.29) is 147 Å². The van der Waals surface area contributed by atoms with E-state index in [1.54, 1.807) is 0 Å². The Bertz CT molecular complexity index is 2460. The monoisotopic (exact) mass is 1120 g/mol. The van der Waals surface area contributed by atoms with E-state index in [0.717, 1.165) is 36.8 Å². The molecule has 16 rings (SSSR count). The van der Waals surface area contributed by atoms with Gasteiger partial charge in [-0.1, -0.05) is 40.9 Å². The van der Waals surface area contributed by atoms with Crippen LogP contribution in [0.15, 0.2) is 24.3 Å². The van der Waals surface area contributed by atoms with Gasteiger partial charge in [-0.3, -0.25) is 9.59 Å². The van der Waals surface area contributed by atoms with Crippen molar-refractivity contribution in [2.24, 2.45) is 29.6 Å². The summed E-state index contributed by atoms with van der Waals surface area (Å²) in [6.07, 6.45) is 0.298. The molecular weight excluding hydrogens is 1040 g/mol. The number of carbonyl (C=O) groups excluding carboxylic acids is 1. The summed E-state index contributed by atoms with van der Waals surface area (Å²) in [6.45, 7) is 19.8. The topological polar surface area (TPSA) is 224 Å². The largest absolute Gasteiger partial charge is 0.481 e. The first kappa shape index (κ1) is 54.6. The molecule has 19 heteroatoms. The van der Waals surface area contributed by atoms with Gasteiger partial charge in [0.15, 0.2) is 17.4 Å². The SMILES string of the molecule is C=C1C[C@@H]2CC[C@]34OC5[C@@H]6O[C@H]7CC[C@H](CC(=O)C[C@@H]8[C@@H](C)[C@@H]9O[C@@H]%10C[C@]%11(C[C@@H]%12O[C@]%13(C[C@H](C)[C@@H]%14O[C@H](CC(=O)O)[C@H](O)C[C@@H]%14O%13)C[C@H](C)[C@@H]%12O%11)O[C@@H]%10C[C@@H]9O[C@H]8C[C@H]8O[C@@H](CC[C@@H]1O2)C[C@@H](C)C8=C)O[C@@H]7[C@H](O3)[C@@H]6OC5(C)C4O. The summed E-state index contributed by atoms with van der Waals surface area (Å²) in [6, 6.07) is 0. The van der Waals surface area contributed by atoms with E-state index >= 15 is 0 Å². The molecule has 16 aliphatic heterocycles. The zero-order valence-corrected chi connectivity index (χ0v) is 47.2. The van der Waals surface area contributed by atoms with Gasteiger partial charge in [0.2, 0.25) is 0 Å².